The largest absolute Gasteiger partial charge is 0.396 e. The Kier molecular flexibility index (Phi) is 4.14. The van der Waals surface area contributed by atoms with Crippen LogP contribution in [-0.4, -0.2) is 35.6 Å². The van der Waals surface area contributed by atoms with Crippen molar-refractivity contribution in [2.75, 3.05) is 19.7 Å². The van der Waals surface area contributed by atoms with Crippen LogP contribution in [0.3, 0.4) is 0 Å². The molecule has 1 amide bonds. The predicted molar refractivity (Wildman–Crippen MR) is 60.5 cm³/mol. The summed E-state index contributed by atoms with van der Waals surface area (Å²) < 4.78 is 0. The first kappa shape index (κ1) is 12.5. The number of hydrogen-bond acceptors (Lipinski definition) is 2. The van der Waals surface area contributed by atoms with Gasteiger partial charge in [-0.2, -0.15) is 0 Å². The van der Waals surface area contributed by atoms with Crippen molar-refractivity contribution in [1.82, 2.24) is 4.90 Å². The number of aliphatic hydroxyl groups excluding tert-OH is 1. The third-order valence-corrected chi connectivity index (χ3v) is 2.87. The Morgan fingerprint density at radius 3 is 2.67 bits per heavy atom. The van der Waals surface area contributed by atoms with Gasteiger partial charge in [0.2, 0.25) is 5.91 Å². The third-order valence-electron chi connectivity index (χ3n) is 2.87. The smallest absolute Gasteiger partial charge is 0.224 e. The zero-order valence-corrected chi connectivity index (χ0v) is 10.1. The Balaban J connectivity index is 2.36. The second kappa shape index (κ2) is 4.97. The van der Waals surface area contributed by atoms with Crippen molar-refractivity contribution >= 4 is 5.91 Å². The summed E-state index contributed by atoms with van der Waals surface area (Å²) in [4.78, 5) is 13.4. The molecule has 1 rings (SSSR count). The van der Waals surface area contributed by atoms with E-state index in [9.17, 15) is 4.79 Å². The lowest BCUT2D eigenvalue weighted by Gasteiger charge is -2.23. The number of likely N-dealkylation sites (tertiary alicyclic amines) is 1. The van der Waals surface area contributed by atoms with Gasteiger partial charge in [0, 0.05) is 19.5 Å². The van der Waals surface area contributed by atoms with Crippen molar-refractivity contribution in [2.45, 2.75) is 40.0 Å². The molecule has 1 fully saturated rings. The summed E-state index contributed by atoms with van der Waals surface area (Å²) in [6.07, 6.45) is 2.58. The first-order valence-electron chi connectivity index (χ1n) is 5.81. The fraction of sp³-hybridized carbons (Fsp3) is 0.917. The molecule has 0 aromatic rings. The van der Waals surface area contributed by atoms with Crippen molar-refractivity contribution in [1.29, 1.82) is 0 Å². The molecule has 3 nitrogen and oxygen atoms in total. The molecule has 1 N–H and O–H groups in total. The molecule has 0 aliphatic carbocycles. The molecule has 0 bridgehead atoms. The second-order valence-electron chi connectivity index (χ2n) is 5.73. The lowest BCUT2D eigenvalue weighted by Crippen LogP contribution is -2.29. The molecule has 0 aromatic carbocycles. The van der Waals surface area contributed by atoms with E-state index >= 15 is 0 Å². The van der Waals surface area contributed by atoms with Crippen molar-refractivity contribution in [3.8, 4) is 0 Å². The molecule has 0 spiro atoms. The van der Waals surface area contributed by atoms with Crippen LogP contribution in [0.1, 0.15) is 40.0 Å². The lowest BCUT2D eigenvalue weighted by molar-refractivity contribution is -0.131. The minimum absolute atomic E-state index is 0.0285. The van der Waals surface area contributed by atoms with Crippen molar-refractivity contribution in [2.24, 2.45) is 11.3 Å². The van der Waals surface area contributed by atoms with E-state index in [-0.39, 0.29) is 18.9 Å². The normalized spacial score (nSPS) is 22.1. The van der Waals surface area contributed by atoms with Gasteiger partial charge in [-0.3, -0.25) is 4.79 Å². The zero-order chi connectivity index (χ0) is 11.5. The molecule has 1 aliphatic heterocycles. The van der Waals surface area contributed by atoms with E-state index in [4.69, 9.17) is 5.11 Å². The first-order valence-corrected chi connectivity index (χ1v) is 5.81. The van der Waals surface area contributed by atoms with Gasteiger partial charge in [-0.1, -0.05) is 20.8 Å². The van der Waals surface area contributed by atoms with Crippen LogP contribution in [0.5, 0.6) is 0 Å². The Labute approximate surface area is 92.5 Å². The third kappa shape index (κ3) is 4.20. The van der Waals surface area contributed by atoms with Crippen LogP contribution < -0.4 is 0 Å². The number of carbonyl (C=O) groups is 1. The van der Waals surface area contributed by atoms with E-state index in [2.05, 4.69) is 20.8 Å². The molecular weight excluding hydrogens is 190 g/mol. The van der Waals surface area contributed by atoms with Gasteiger partial charge >= 0.3 is 0 Å². The van der Waals surface area contributed by atoms with Gasteiger partial charge in [0.1, 0.15) is 0 Å². The number of nitrogens with zero attached hydrogens (tertiary/aromatic N) is 1. The molecule has 0 saturated carbocycles. The average Bonchev–Trinajstić information content (AvgIpc) is 2.50. The number of rotatable bonds is 3. The molecule has 15 heavy (non-hydrogen) atoms. The Bertz CT molecular complexity index is 220. The first-order chi connectivity index (χ1) is 6.92. The minimum Gasteiger partial charge on any atom is -0.396 e. The van der Waals surface area contributed by atoms with Crippen LogP contribution in [0, 0.1) is 11.3 Å². The monoisotopic (exact) mass is 213 g/mol. The summed E-state index contributed by atoms with van der Waals surface area (Å²) in [5.41, 5.74) is 0.348. The van der Waals surface area contributed by atoms with Crippen LogP contribution in [0.15, 0.2) is 0 Å². The maximum Gasteiger partial charge on any atom is 0.224 e. The van der Waals surface area contributed by atoms with Gasteiger partial charge in [-0.05, 0) is 24.2 Å². The minimum atomic E-state index is -0.0285. The van der Waals surface area contributed by atoms with Crippen molar-refractivity contribution < 1.29 is 9.90 Å². The number of aliphatic hydroxyl groups is 1. The van der Waals surface area contributed by atoms with Crippen molar-refractivity contribution in [3.05, 3.63) is 0 Å². The molecule has 1 aliphatic rings. The number of carbonyl (C=O) groups excluding carboxylic acids is 1. The molecule has 3 heteroatoms. The molecule has 1 heterocycles. The fourth-order valence-electron chi connectivity index (χ4n) is 2.35. The summed E-state index contributed by atoms with van der Waals surface area (Å²) in [7, 11) is 0. The van der Waals surface area contributed by atoms with Crippen LogP contribution >= 0.6 is 0 Å². The van der Waals surface area contributed by atoms with E-state index in [1.165, 1.54) is 6.42 Å². The molecule has 0 radical (unpaired) electrons. The Morgan fingerprint density at radius 2 is 2.13 bits per heavy atom. The summed E-state index contributed by atoms with van der Waals surface area (Å²) in [6, 6.07) is 0. The predicted octanol–water partition coefficient (Wildman–Crippen LogP) is 1.65. The van der Waals surface area contributed by atoms with E-state index in [1.807, 2.05) is 4.90 Å². The highest BCUT2D eigenvalue weighted by atomic mass is 16.3. The lowest BCUT2D eigenvalue weighted by atomic mass is 9.84. The molecule has 88 valence electrons. The van der Waals surface area contributed by atoms with Crippen LogP contribution in [0.2, 0.25) is 0 Å². The highest BCUT2D eigenvalue weighted by Gasteiger charge is 2.28. The topological polar surface area (TPSA) is 40.5 Å². The Hall–Kier alpha value is -0.570. The maximum atomic E-state index is 11.5. The summed E-state index contributed by atoms with van der Waals surface area (Å²) >= 11 is 0. The van der Waals surface area contributed by atoms with Gasteiger partial charge in [0.05, 0.1) is 6.61 Å². The number of amides is 1. The second-order valence-corrected chi connectivity index (χ2v) is 5.73. The van der Waals surface area contributed by atoms with E-state index in [0.29, 0.717) is 11.3 Å². The van der Waals surface area contributed by atoms with Crippen LogP contribution in [0.4, 0.5) is 0 Å². The van der Waals surface area contributed by atoms with E-state index in [1.54, 1.807) is 0 Å². The van der Waals surface area contributed by atoms with Crippen LogP contribution in [0.25, 0.3) is 0 Å². The Morgan fingerprint density at radius 1 is 1.47 bits per heavy atom. The highest BCUT2D eigenvalue weighted by molar-refractivity contribution is 5.76. The maximum absolute atomic E-state index is 11.5. The fourth-order valence-corrected chi connectivity index (χ4v) is 2.35. The number of hydrogen-bond donors (Lipinski definition) is 1. The van der Waals surface area contributed by atoms with Gasteiger partial charge in [-0.25, -0.2) is 0 Å². The highest BCUT2D eigenvalue weighted by Crippen LogP contribution is 2.30. The van der Waals surface area contributed by atoms with Gasteiger partial charge in [-0.15, -0.1) is 0 Å². The summed E-state index contributed by atoms with van der Waals surface area (Å²) in [6.45, 7) is 8.45. The molecular formula is C12H23NO2. The van der Waals surface area contributed by atoms with Crippen molar-refractivity contribution in [3.63, 3.8) is 0 Å². The quantitative estimate of drug-likeness (QED) is 0.774. The van der Waals surface area contributed by atoms with Gasteiger partial charge in [0.25, 0.3) is 0 Å². The van der Waals surface area contributed by atoms with Gasteiger partial charge < -0.3 is 10.0 Å². The average molecular weight is 213 g/mol. The van der Waals surface area contributed by atoms with Crippen LogP contribution in [-0.2, 0) is 4.79 Å². The van der Waals surface area contributed by atoms with E-state index < -0.39 is 0 Å². The molecule has 1 unspecified atom stereocenters. The summed E-state index contributed by atoms with van der Waals surface area (Å²) in [5, 5.41) is 8.70. The zero-order valence-electron chi connectivity index (χ0n) is 10.1. The van der Waals surface area contributed by atoms with Gasteiger partial charge in [0.15, 0.2) is 0 Å². The van der Waals surface area contributed by atoms with E-state index in [0.717, 1.165) is 19.5 Å². The standard InChI is InChI=1S/C12H23NO2/c1-12(2,3)8-10-4-6-13(9-10)11(15)5-7-14/h10,14H,4-9H2,1-3H3. The molecule has 0 aromatic heterocycles. The SMILES string of the molecule is CC(C)(C)CC1CCN(C(=O)CCO)C1. The summed E-state index contributed by atoms with van der Waals surface area (Å²) in [5.74, 6) is 0.751. The molecule has 1 saturated heterocycles. The molecule has 1 atom stereocenters.